The molecule has 0 bridgehead atoms. The standard InChI is InChI=1S/C15H18ClNS/c1-17-10-14(3-2-12-8-9-18-11-12)13-4-6-15(16)7-5-13/h4-9,11,14,17H,2-3,10H2,1H3. The summed E-state index contributed by atoms with van der Waals surface area (Å²) in [6.45, 7) is 1.01. The Labute approximate surface area is 118 Å². The summed E-state index contributed by atoms with van der Waals surface area (Å²) < 4.78 is 0. The molecule has 1 aromatic carbocycles. The highest BCUT2D eigenvalue weighted by Crippen LogP contribution is 2.23. The summed E-state index contributed by atoms with van der Waals surface area (Å²) in [5, 5.41) is 8.46. The van der Waals surface area contributed by atoms with Crippen LogP contribution in [0, 0.1) is 0 Å². The number of aryl methyl sites for hydroxylation is 1. The van der Waals surface area contributed by atoms with Gasteiger partial charge in [-0.2, -0.15) is 11.3 Å². The summed E-state index contributed by atoms with van der Waals surface area (Å²) in [4.78, 5) is 0. The Morgan fingerprint density at radius 3 is 2.61 bits per heavy atom. The van der Waals surface area contributed by atoms with Crippen molar-refractivity contribution in [1.82, 2.24) is 5.32 Å². The molecule has 96 valence electrons. The lowest BCUT2D eigenvalue weighted by atomic mass is 9.93. The second-order valence-corrected chi connectivity index (χ2v) is 5.69. The van der Waals surface area contributed by atoms with Crippen molar-refractivity contribution >= 4 is 22.9 Å². The zero-order chi connectivity index (χ0) is 12.8. The number of nitrogens with one attached hydrogen (secondary N) is 1. The molecule has 1 N–H and O–H groups in total. The predicted octanol–water partition coefficient (Wildman–Crippen LogP) is 4.34. The Kier molecular flexibility index (Phi) is 5.24. The Balaban J connectivity index is 2.01. The Hall–Kier alpha value is -0.830. The largest absolute Gasteiger partial charge is 0.319 e. The molecule has 2 aromatic rings. The van der Waals surface area contributed by atoms with Crippen LogP contribution in [0.15, 0.2) is 41.1 Å². The highest BCUT2D eigenvalue weighted by atomic mass is 35.5. The normalized spacial score (nSPS) is 12.6. The molecule has 2 rings (SSSR count). The molecule has 0 aliphatic carbocycles. The van der Waals surface area contributed by atoms with E-state index in [4.69, 9.17) is 11.6 Å². The molecule has 0 saturated heterocycles. The van der Waals surface area contributed by atoms with Gasteiger partial charge >= 0.3 is 0 Å². The summed E-state index contributed by atoms with van der Waals surface area (Å²) in [5.41, 5.74) is 2.80. The first-order valence-corrected chi connectivity index (χ1v) is 7.53. The van der Waals surface area contributed by atoms with E-state index >= 15 is 0 Å². The van der Waals surface area contributed by atoms with Crippen molar-refractivity contribution in [3.63, 3.8) is 0 Å². The van der Waals surface area contributed by atoms with Crippen molar-refractivity contribution in [2.75, 3.05) is 13.6 Å². The van der Waals surface area contributed by atoms with E-state index in [1.165, 1.54) is 17.5 Å². The van der Waals surface area contributed by atoms with Crippen LogP contribution in [0.4, 0.5) is 0 Å². The van der Waals surface area contributed by atoms with Crippen LogP contribution in [0.3, 0.4) is 0 Å². The Bertz CT molecular complexity index is 450. The van der Waals surface area contributed by atoms with Crippen LogP contribution in [-0.4, -0.2) is 13.6 Å². The van der Waals surface area contributed by atoms with Gasteiger partial charge in [0.05, 0.1) is 0 Å². The highest BCUT2D eigenvalue weighted by Gasteiger charge is 2.11. The van der Waals surface area contributed by atoms with Crippen LogP contribution in [-0.2, 0) is 6.42 Å². The number of halogens is 1. The van der Waals surface area contributed by atoms with Gasteiger partial charge in [0.2, 0.25) is 0 Å². The smallest absolute Gasteiger partial charge is 0.0406 e. The van der Waals surface area contributed by atoms with Crippen LogP contribution in [0.1, 0.15) is 23.5 Å². The van der Waals surface area contributed by atoms with E-state index < -0.39 is 0 Å². The summed E-state index contributed by atoms with van der Waals surface area (Å²) >= 11 is 7.71. The minimum Gasteiger partial charge on any atom is -0.319 e. The van der Waals surface area contributed by atoms with Crippen molar-refractivity contribution in [3.05, 3.63) is 57.2 Å². The van der Waals surface area contributed by atoms with E-state index in [9.17, 15) is 0 Å². The third-order valence-electron chi connectivity index (χ3n) is 3.15. The van der Waals surface area contributed by atoms with Crippen molar-refractivity contribution in [1.29, 1.82) is 0 Å². The van der Waals surface area contributed by atoms with Gasteiger partial charge < -0.3 is 5.32 Å². The molecule has 1 nitrogen and oxygen atoms in total. The fourth-order valence-electron chi connectivity index (χ4n) is 2.14. The fourth-order valence-corrected chi connectivity index (χ4v) is 2.97. The van der Waals surface area contributed by atoms with Gasteiger partial charge in [-0.1, -0.05) is 23.7 Å². The molecule has 0 fully saturated rings. The average molecular weight is 280 g/mol. The number of hydrogen-bond donors (Lipinski definition) is 1. The molecule has 0 spiro atoms. The summed E-state index contributed by atoms with van der Waals surface area (Å²) in [6, 6.07) is 10.4. The first kappa shape index (κ1) is 13.6. The van der Waals surface area contributed by atoms with E-state index in [-0.39, 0.29) is 0 Å². The maximum atomic E-state index is 5.94. The van der Waals surface area contributed by atoms with Crippen molar-refractivity contribution in [2.24, 2.45) is 0 Å². The first-order chi connectivity index (χ1) is 8.79. The zero-order valence-corrected chi connectivity index (χ0v) is 12.1. The summed E-state index contributed by atoms with van der Waals surface area (Å²) in [7, 11) is 2.01. The molecular weight excluding hydrogens is 262 g/mol. The Morgan fingerprint density at radius 1 is 1.22 bits per heavy atom. The van der Waals surface area contributed by atoms with Gasteiger partial charge in [0.15, 0.2) is 0 Å². The zero-order valence-electron chi connectivity index (χ0n) is 10.5. The second-order valence-electron chi connectivity index (χ2n) is 4.48. The number of thiophene rings is 1. The van der Waals surface area contributed by atoms with Crippen LogP contribution in [0.25, 0.3) is 0 Å². The van der Waals surface area contributed by atoms with Gasteiger partial charge in [-0.15, -0.1) is 0 Å². The van der Waals surface area contributed by atoms with Crippen molar-refractivity contribution in [3.8, 4) is 0 Å². The van der Waals surface area contributed by atoms with Gasteiger partial charge in [-0.05, 0) is 65.9 Å². The molecule has 1 atom stereocenters. The molecule has 1 heterocycles. The van der Waals surface area contributed by atoms with Crippen molar-refractivity contribution < 1.29 is 0 Å². The average Bonchev–Trinajstić information content (AvgIpc) is 2.89. The molecular formula is C15H18ClNS. The maximum Gasteiger partial charge on any atom is 0.0406 e. The van der Waals surface area contributed by atoms with E-state index in [2.05, 4.69) is 34.3 Å². The van der Waals surface area contributed by atoms with Gasteiger partial charge in [0.1, 0.15) is 0 Å². The van der Waals surface area contributed by atoms with Crippen molar-refractivity contribution in [2.45, 2.75) is 18.8 Å². The number of benzene rings is 1. The SMILES string of the molecule is CNCC(CCc1ccsc1)c1ccc(Cl)cc1. The molecule has 0 aliphatic rings. The quantitative estimate of drug-likeness (QED) is 0.830. The van der Waals surface area contributed by atoms with Crippen LogP contribution in [0.2, 0.25) is 5.02 Å². The number of rotatable bonds is 6. The minimum atomic E-state index is 0.548. The third-order valence-corrected chi connectivity index (χ3v) is 4.14. The van der Waals surface area contributed by atoms with Gasteiger partial charge in [0.25, 0.3) is 0 Å². The van der Waals surface area contributed by atoms with Crippen LogP contribution in [0.5, 0.6) is 0 Å². The minimum absolute atomic E-state index is 0.548. The lowest BCUT2D eigenvalue weighted by Gasteiger charge is -2.16. The Morgan fingerprint density at radius 2 is 2.00 bits per heavy atom. The lowest BCUT2D eigenvalue weighted by molar-refractivity contribution is 0.584. The molecule has 0 saturated carbocycles. The lowest BCUT2D eigenvalue weighted by Crippen LogP contribution is -2.17. The molecule has 3 heteroatoms. The summed E-state index contributed by atoms with van der Waals surface area (Å²) in [5.74, 6) is 0.548. The molecule has 0 amide bonds. The number of hydrogen-bond acceptors (Lipinski definition) is 2. The molecule has 0 radical (unpaired) electrons. The van der Waals surface area contributed by atoms with Crippen LogP contribution >= 0.6 is 22.9 Å². The monoisotopic (exact) mass is 279 g/mol. The topological polar surface area (TPSA) is 12.0 Å². The van der Waals surface area contributed by atoms with Gasteiger partial charge in [0, 0.05) is 11.6 Å². The fraction of sp³-hybridized carbons (Fsp3) is 0.333. The van der Waals surface area contributed by atoms with E-state index in [0.29, 0.717) is 5.92 Å². The van der Waals surface area contributed by atoms with Gasteiger partial charge in [-0.25, -0.2) is 0 Å². The summed E-state index contributed by atoms with van der Waals surface area (Å²) in [6.07, 6.45) is 2.30. The predicted molar refractivity (Wildman–Crippen MR) is 80.8 cm³/mol. The van der Waals surface area contributed by atoms with E-state index in [1.807, 2.05) is 19.2 Å². The van der Waals surface area contributed by atoms with E-state index in [1.54, 1.807) is 11.3 Å². The maximum absolute atomic E-state index is 5.94. The second kappa shape index (κ2) is 6.93. The van der Waals surface area contributed by atoms with Gasteiger partial charge in [-0.3, -0.25) is 0 Å². The third kappa shape index (κ3) is 3.84. The molecule has 1 aromatic heterocycles. The number of likely N-dealkylation sites (N-methyl/N-ethyl adjacent to an activating group) is 1. The molecule has 1 unspecified atom stereocenters. The molecule has 18 heavy (non-hydrogen) atoms. The molecule has 0 aliphatic heterocycles. The first-order valence-electron chi connectivity index (χ1n) is 6.20. The highest BCUT2D eigenvalue weighted by molar-refractivity contribution is 7.07. The van der Waals surface area contributed by atoms with E-state index in [0.717, 1.165) is 18.0 Å². The van der Waals surface area contributed by atoms with Crippen LogP contribution < -0.4 is 5.32 Å².